The summed E-state index contributed by atoms with van der Waals surface area (Å²) < 4.78 is 3.16. The number of aromatic nitrogens is 5. The lowest BCUT2D eigenvalue weighted by molar-refractivity contribution is 0.0958. The van der Waals surface area contributed by atoms with E-state index in [0.717, 1.165) is 25.2 Å². The summed E-state index contributed by atoms with van der Waals surface area (Å²) in [6.45, 7) is 4.09. The Labute approximate surface area is 189 Å². The summed E-state index contributed by atoms with van der Waals surface area (Å²) in [5.74, 6) is 0.489. The van der Waals surface area contributed by atoms with Crippen molar-refractivity contribution in [2.75, 3.05) is 18.9 Å². The fourth-order valence-electron chi connectivity index (χ4n) is 4.09. The van der Waals surface area contributed by atoms with Crippen molar-refractivity contribution in [3.63, 3.8) is 0 Å². The highest BCUT2D eigenvalue weighted by Gasteiger charge is 2.19. The molecule has 0 radical (unpaired) electrons. The lowest BCUT2D eigenvalue weighted by atomic mass is 10.0. The van der Waals surface area contributed by atoms with E-state index in [2.05, 4.69) is 43.0 Å². The van der Waals surface area contributed by atoms with Gasteiger partial charge in [-0.25, -0.2) is 19.3 Å². The summed E-state index contributed by atoms with van der Waals surface area (Å²) in [5.41, 5.74) is 3.91. The molecule has 33 heavy (non-hydrogen) atoms. The van der Waals surface area contributed by atoms with Crippen LogP contribution in [-0.4, -0.2) is 43.8 Å². The molecule has 0 saturated carbocycles. The van der Waals surface area contributed by atoms with Gasteiger partial charge in [0, 0.05) is 32.0 Å². The highest BCUT2D eigenvalue weighted by atomic mass is 16.2. The number of carbonyl (C=O) groups is 1. The maximum absolute atomic E-state index is 13.0. The van der Waals surface area contributed by atoms with Gasteiger partial charge in [0.25, 0.3) is 11.5 Å². The van der Waals surface area contributed by atoms with E-state index in [1.54, 1.807) is 29.9 Å². The SMILES string of the molecule is CCn1c(=O)c2cnc(Nc3ccc4c(c3)CNCC4)nc2n1-c1cccc(C(=O)NC)n1. The van der Waals surface area contributed by atoms with Crippen molar-refractivity contribution >= 4 is 28.6 Å². The molecule has 0 atom stereocenters. The van der Waals surface area contributed by atoms with Gasteiger partial charge in [-0.15, -0.1) is 0 Å². The zero-order valence-corrected chi connectivity index (χ0v) is 18.4. The molecule has 0 aliphatic carbocycles. The minimum atomic E-state index is -0.308. The fraction of sp³-hybridized carbons (Fsp3) is 0.261. The number of nitrogens with zero attached hydrogens (tertiary/aromatic N) is 5. The average molecular weight is 444 g/mol. The van der Waals surface area contributed by atoms with Crippen molar-refractivity contribution < 1.29 is 4.79 Å². The van der Waals surface area contributed by atoms with E-state index in [4.69, 9.17) is 0 Å². The van der Waals surface area contributed by atoms with Crippen LogP contribution in [0.5, 0.6) is 0 Å². The minimum absolute atomic E-state index is 0.217. The van der Waals surface area contributed by atoms with E-state index < -0.39 is 0 Å². The Hall–Kier alpha value is -4.05. The van der Waals surface area contributed by atoms with Crippen molar-refractivity contribution in [2.45, 2.75) is 26.4 Å². The fourth-order valence-corrected chi connectivity index (χ4v) is 4.09. The second-order valence-electron chi connectivity index (χ2n) is 7.76. The van der Waals surface area contributed by atoms with Gasteiger partial charge in [-0.3, -0.25) is 9.59 Å². The molecule has 4 aromatic rings. The summed E-state index contributed by atoms with van der Waals surface area (Å²) in [5, 5.41) is 9.58. The number of benzene rings is 1. The lowest BCUT2D eigenvalue weighted by Gasteiger charge is -2.18. The third-order valence-electron chi connectivity index (χ3n) is 5.74. The van der Waals surface area contributed by atoms with Crippen LogP contribution in [0.4, 0.5) is 11.6 Å². The van der Waals surface area contributed by atoms with Crippen molar-refractivity contribution in [1.29, 1.82) is 0 Å². The summed E-state index contributed by atoms with van der Waals surface area (Å²) in [6, 6.07) is 11.3. The Morgan fingerprint density at radius 2 is 2.06 bits per heavy atom. The van der Waals surface area contributed by atoms with E-state index in [-0.39, 0.29) is 17.2 Å². The monoisotopic (exact) mass is 444 g/mol. The molecule has 1 aromatic carbocycles. The van der Waals surface area contributed by atoms with Crippen LogP contribution in [0.2, 0.25) is 0 Å². The summed E-state index contributed by atoms with van der Waals surface area (Å²) in [4.78, 5) is 38.5. The van der Waals surface area contributed by atoms with Gasteiger partial charge in [0.05, 0.1) is 0 Å². The first-order valence-corrected chi connectivity index (χ1v) is 10.9. The van der Waals surface area contributed by atoms with Crippen LogP contribution < -0.4 is 21.5 Å². The van der Waals surface area contributed by atoms with Gasteiger partial charge in [-0.2, -0.15) is 4.98 Å². The molecule has 5 rings (SSSR count). The van der Waals surface area contributed by atoms with Gasteiger partial charge in [0.15, 0.2) is 11.5 Å². The molecule has 0 saturated heterocycles. The molecule has 10 nitrogen and oxygen atoms in total. The van der Waals surface area contributed by atoms with E-state index >= 15 is 0 Å². The summed E-state index contributed by atoms with van der Waals surface area (Å²) >= 11 is 0. The van der Waals surface area contributed by atoms with Crippen LogP contribution >= 0.6 is 0 Å². The topological polar surface area (TPSA) is 119 Å². The first kappa shape index (κ1) is 20.8. The number of carbonyl (C=O) groups excluding carboxylic acids is 1. The van der Waals surface area contributed by atoms with Crippen LogP contribution in [0.3, 0.4) is 0 Å². The Kier molecular flexibility index (Phi) is 5.35. The Morgan fingerprint density at radius 1 is 1.18 bits per heavy atom. The number of fused-ring (bicyclic) bond motifs is 2. The lowest BCUT2D eigenvalue weighted by Crippen LogP contribution is -2.23. The molecule has 1 aliphatic rings. The molecule has 3 N–H and O–H groups in total. The third kappa shape index (κ3) is 3.74. The van der Waals surface area contributed by atoms with Gasteiger partial charge >= 0.3 is 0 Å². The molecule has 0 fully saturated rings. The van der Waals surface area contributed by atoms with Crippen LogP contribution in [0.1, 0.15) is 28.5 Å². The zero-order valence-electron chi connectivity index (χ0n) is 18.4. The van der Waals surface area contributed by atoms with Gasteiger partial charge in [-0.1, -0.05) is 12.1 Å². The van der Waals surface area contributed by atoms with E-state index in [0.29, 0.717) is 29.3 Å². The number of rotatable bonds is 5. The Balaban J connectivity index is 1.59. The summed E-state index contributed by atoms with van der Waals surface area (Å²) in [7, 11) is 1.55. The van der Waals surface area contributed by atoms with Crippen LogP contribution in [0, 0.1) is 0 Å². The Bertz CT molecular complexity index is 1420. The summed E-state index contributed by atoms with van der Waals surface area (Å²) in [6.07, 6.45) is 2.54. The van der Waals surface area contributed by atoms with Crippen molar-refractivity contribution in [3.8, 4) is 5.82 Å². The molecule has 0 unspecified atom stereocenters. The second-order valence-corrected chi connectivity index (χ2v) is 7.76. The average Bonchev–Trinajstić information content (AvgIpc) is 3.14. The molecule has 4 heterocycles. The normalized spacial score (nSPS) is 13.0. The molecule has 3 aromatic heterocycles. The smallest absolute Gasteiger partial charge is 0.278 e. The third-order valence-corrected chi connectivity index (χ3v) is 5.74. The zero-order chi connectivity index (χ0) is 22.9. The van der Waals surface area contributed by atoms with Gasteiger partial charge in [-0.05, 0) is 55.3 Å². The quantitative estimate of drug-likeness (QED) is 0.429. The van der Waals surface area contributed by atoms with E-state index in [1.807, 2.05) is 13.0 Å². The maximum atomic E-state index is 13.0. The number of hydrogen-bond donors (Lipinski definition) is 3. The maximum Gasteiger partial charge on any atom is 0.278 e. The Morgan fingerprint density at radius 3 is 2.88 bits per heavy atom. The van der Waals surface area contributed by atoms with Crippen LogP contribution in [0.15, 0.2) is 47.4 Å². The second kappa shape index (κ2) is 8.47. The first-order valence-electron chi connectivity index (χ1n) is 10.9. The number of amides is 1. The standard InChI is InChI=1S/C23H24N8O2/c1-3-30-22(33)17-13-26-23(27-16-8-7-14-9-10-25-12-15(14)11-16)29-20(17)31(30)19-6-4-5-18(28-19)21(32)24-2/h4-8,11,13,25H,3,9-10,12H2,1-2H3,(H,24,32)(H,26,27,29). The highest BCUT2D eigenvalue weighted by Crippen LogP contribution is 2.22. The minimum Gasteiger partial charge on any atom is -0.354 e. The molecule has 168 valence electrons. The van der Waals surface area contributed by atoms with Gasteiger partial charge < -0.3 is 16.0 Å². The highest BCUT2D eigenvalue weighted by molar-refractivity contribution is 5.92. The van der Waals surface area contributed by atoms with E-state index in [1.165, 1.54) is 22.0 Å². The molecule has 1 aliphatic heterocycles. The number of nitrogens with one attached hydrogen (secondary N) is 3. The van der Waals surface area contributed by atoms with Crippen molar-refractivity contribution in [1.82, 2.24) is 34.9 Å². The largest absolute Gasteiger partial charge is 0.354 e. The van der Waals surface area contributed by atoms with Crippen molar-refractivity contribution in [3.05, 3.63) is 69.8 Å². The van der Waals surface area contributed by atoms with E-state index in [9.17, 15) is 9.59 Å². The molecular formula is C23H24N8O2. The number of pyridine rings is 1. The molecular weight excluding hydrogens is 420 g/mol. The van der Waals surface area contributed by atoms with Gasteiger partial charge in [0.2, 0.25) is 5.95 Å². The molecule has 0 bridgehead atoms. The van der Waals surface area contributed by atoms with Crippen LogP contribution in [-0.2, 0) is 19.5 Å². The molecule has 0 spiro atoms. The van der Waals surface area contributed by atoms with Gasteiger partial charge in [0.1, 0.15) is 11.1 Å². The van der Waals surface area contributed by atoms with Crippen molar-refractivity contribution in [2.24, 2.45) is 0 Å². The molecule has 1 amide bonds. The first-order chi connectivity index (χ1) is 16.1. The van der Waals surface area contributed by atoms with Crippen LogP contribution in [0.25, 0.3) is 16.9 Å². The number of hydrogen-bond acceptors (Lipinski definition) is 7. The predicted molar refractivity (Wildman–Crippen MR) is 125 cm³/mol. The molecule has 10 heteroatoms. The predicted octanol–water partition coefficient (Wildman–Crippen LogP) is 1.75. The number of anilines is 2.